The van der Waals surface area contributed by atoms with E-state index in [1.165, 1.54) is 12.1 Å². The van der Waals surface area contributed by atoms with Crippen molar-refractivity contribution < 1.29 is 18.1 Å². The highest BCUT2D eigenvalue weighted by molar-refractivity contribution is 7.89. The van der Waals surface area contributed by atoms with E-state index in [0.29, 0.717) is 6.54 Å². The van der Waals surface area contributed by atoms with Gasteiger partial charge >= 0.3 is 0 Å². The number of nitro groups is 1. The van der Waals surface area contributed by atoms with E-state index in [-0.39, 0.29) is 35.4 Å². The summed E-state index contributed by atoms with van der Waals surface area (Å²) in [6, 6.07) is 13.1. The summed E-state index contributed by atoms with van der Waals surface area (Å²) in [5.74, 6) is -0.0379. The maximum Gasteiger partial charge on any atom is 0.293 e. The van der Waals surface area contributed by atoms with Gasteiger partial charge in [0.15, 0.2) is 0 Å². The molecule has 0 bridgehead atoms. The van der Waals surface area contributed by atoms with Crippen molar-refractivity contribution in [1.82, 2.24) is 5.32 Å². The molecule has 0 unspecified atom stereocenters. The fourth-order valence-electron chi connectivity index (χ4n) is 2.55. The third-order valence-electron chi connectivity index (χ3n) is 4.14. The minimum Gasteiger partial charge on any atom is -0.379 e. The normalized spacial score (nSPS) is 12.2. The molecule has 1 amide bonds. The number of hydrogen-bond acceptors (Lipinski definition) is 6. The Morgan fingerprint density at radius 2 is 1.89 bits per heavy atom. The van der Waals surface area contributed by atoms with E-state index in [9.17, 15) is 23.3 Å². The largest absolute Gasteiger partial charge is 0.379 e. The van der Waals surface area contributed by atoms with Crippen molar-refractivity contribution in [3.63, 3.8) is 0 Å². The fraction of sp³-hybridized carbons (Fsp3) is 0.278. The zero-order valence-electron chi connectivity index (χ0n) is 15.3. The quantitative estimate of drug-likeness (QED) is 0.429. The summed E-state index contributed by atoms with van der Waals surface area (Å²) in [5.41, 5.74) is 0.805. The van der Waals surface area contributed by atoms with E-state index >= 15 is 0 Å². The summed E-state index contributed by atoms with van der Waals surface area (Å²) in [7, 11) is -4.04. The number of nitrogens with zero attached hydrogens (tertiary/aromatic N) is 1. The highest BCUT2D eigenvalue weighted by atomic mass is 32.2. The minimum absolute atomic E-state index is 0.107. The number of primary sulfonamides is 1. The van der Waals surface area contributed by atoms with Crippen molar-refractivity contribution in [3.8, 4) is 0 Å². The molecule has 0 saturated heterocycles. The molecule has 28 heavy (non-hydrogen) atoms. The van der Waals surface area contributed by atoms with Gasteiger partial charge in [-0.3, -0.25) is 14.9 Å². The van der Waals surface area contributed by atoms with Crippen LogP contribution in [0.5, 0.6) is 0 Å². The summed E-state index contributed by atoms with van der Waals surface area (Å²) in [5, 5.41) is 21.8. The highest BCUT2D eigenvalue weighted by Crippen LogP contribution is 2.27. The Labute approximate surface area is 163 Å². The molecule has 2 aromatic carbocycles. The van der Waals surface area contributed by atoms with Gasteiger partial charge < -0.3 is 10.6 Å². The Bertz CT molecular complexity index is 948. The minimum atomic E-state index is -4.04. The van der Waals surface area contributed by atoms with Crippen LogP contribution in [0.1, 0.15) is 24.8 Å². The Morgan fingerprint density at radius 3 is 2.50 bits per heavy atom. The number of hydrogen-bond donors (Lipinski definition) is 3. The second kappa shape index (κ2) is 9.29. The number of carbonyl (C=O) groups excluding carboxylic acids is 1. The fourth-order valence-corrected chi connectivity index (χ4v) is 3.09. The van der Waals surface area contributed by atoms with E-state index in [2.05, 4.69) is 10.6 Å². The van der Waals surface area contributed by atoms with Crippen molar-refractivity contribution in [3.05, 3.63) is 64.2 Å². The van der Waals surface area contributed by atoms with Gasteiger partial charge in [0.1, 0.15) is 5.69 Å². The van der Waals surface area contributed by atoms with Crippen LogP contribution >= 0.6 is 0 Å². The summed E-state index contributed by atoms with van der Waals surface area (Å²) in [6.45, 7) is 2.64. The van der Waals surface area contributed by atoms with E-state index < -0.39 is 20.6 Å². The molecule has 0 aliphatic carbocycles. The van der Waals surface area contributed by atoms with Crippen molar-refractivity contribution in [2.24, 2.45) is 5.14 Å². The third-order valence-corrected chi connectivity index (χ3v) is 5.05. The maximum absolute atomic E-state index is 12.0. The molecule has 4 N–H and O–H groups in total. The van der Waals surface area contributed by atoms with Crippen LogP contribution in [0.2, 0.25) is 0 Å². The van der Waals surface area contributed by atoms with Gasteiger partial charge in [-0.15, -0.1) is 0 Å². The first-order valence-corrected chi connectivity index (χ1v) is 10.1. The maximum atomic E-state index is 12.0. The average molecular weight is 406 g/mol. The van der Waals surface area contributed by atoms with Crippen molar-refractivity contribution in [1.29, 1.82) is 0 Å². The molecule has 150 valence electrons. The van der Waals surface area contributed by atoms with Gasteiger partial charge in [-0.2, -0.15) is 0 Å². The zero-order chi connectivity index (χ0) is 20.7. The first kappa shape index (κ1) is 21.3. The molecule has 0 heterocycles. The third kappa shape index (κ3) is 6.03. The van der Waals surface area contributed by atoms with E-state index in [0.717, 1.165) is 11.6 Å². The number of nitrogens with two attached hydrogens (primary N) is 1. The molecule has 2 aromatic rings. The number of nitro benzene ring substituents is 1. The number of benzene rings is 2. The second-order valence-corrected chi connectivity index (χ2v) is 7.84. The van der Waals surface area contributed by atoms with Gasteiger partial charge in [0, 0.05) is 25.6 Å². The number of carbonyl (C=O) groups is 1. The molecule has 0 fully saturated rings. The van der Waals surface area contributed by atoms with Crippen molar-refractivity contribution in [2.75, 3.05) is 18.4 Å². The van der Waals surface area contributed by atoms with E-state index in [1.807, 2.05) is 37.3 Å². The van der Waals surface area contributed by atoms with Crippen LogP contribution in [0.15, 0.2) is 53.4 Å². The Balaban J connectivity index is 1.88. The lowest BCUT2D eigenvalue weighted by Crippen LogP contribution is -2.29. The van der Waals surface area contributed by atoms with Crippen LogP contribution < -0.4 is 15.8 Å². The first-order chi connectivity index (χ1) is 13.2. The molecule has 0 aliphatic heterocycles. The zero-order valence-corrected chi connectivity index (χ0v) is 16.1. The average Bonchev–Trinajstić information content (AvgIpc) is 2.66. The molecule has 0 aromatic heterocycles. The molecular formula is C18H22N4O5S. The topological polar surface area (TPSA) is 144 Å². The van der Waals surface area contributed by atoms with Crippen LogP contribution in [0.3, 0.4) is 0 Å². The van der Waals surface area contributed by atoms with Gasteiger partial charge in [-0.05, 0) is 23.6 Å². The predicted octanol–water partition coefficient (Wildman–Crippen LogP) is 1.96. The molecule has 9 nitrogen and oxygen atoms in total. The standard InChI is InChI=1S/C18H22N4O5S/c1-13(14-5-3-2-4-6-14)12-21-18(23)9-10-20-16-8-7-15(28(19,26)27)11-17(16)22(24)25/h2-8,11,13,20H,9-10,12H2,1H3,(H,21,23)(H2,19,26,27)/t13-/m0/s1. The van der Waals surface area contributed by atoms with Crippen molar-refractivity contribution >= 4 is 27.3 Å². The van der Waals surface area contributed by atoms with Crippen molar-refractivity contribution in [2.45, 2.75) is 24.2 Å². The summed E-state index contributed by atoms with van der Waals surface area (Å²) >= 11 is 0. The smallest absolute Gasteiger partial charge is 0.293 e. The molecule has 0 spiro atoms. The van der Waals surface area contributed by atoms with Crippen LogP contribution in [0, 0.1) is 10.1 Å². The lowest BCUT2D eigenvalue weighted by molar-refractivity contribution is -0.384. The predicted molar refractivity (Wildman–Crippen MR) is 105 cm³/mol. The number of amides is 1. The van der Waals surface area contributed by atoms with Crippen LogP contribution in [0.4, 0.5) is 11.4 Å². The Kier molecular flexibility index (Phi) is 7.07. The number of rotatable bonds is 9. The number of sulfonamides is 1. The molecule has 10 heteroatoms. The van der Waals surface area contributed by atoms with Gasteiger partial charge in [0.05, 0.1) is 9.82 Å². The van der Waals surface area contributed by atoms with Gasteiger partial charge in [-0.25, -0.2) is 13.6 Å². The summed E-state index contributed by atoms with van der Waals surface area (Å²) in [4.78, 5) is 22.1. The monoisotopic (exact) mass is 406 g/mol. The van der Waals surface area contributed by atoms with Crippen LogP contribution in [-0.2, 0) is 14.8 Å². The molecule has 0 aliphatic rings. The highest BCUT2D eigenvalue weighted by Gasteiger charge is 2.19. The summed E-state index contributed by atoms with van der Waals surface area (Å²) < 4.78 is 22.7. The first-order valence-electron chi connectivity index (χ1n) is 8.55. The number of anilines is 1. The Morgan fingerprint density at radius 1 is 1.21 bits per heavy atom. The van der Waals surface area contributed by atoms with Crippen LogP contribution in [0.25, 0.3) is 0 Å². The van der Waals surface area contributed by atoms with Gasteiger partial charge in [0.25, 0.3) is 5.69 Å². The molecule has 2 rings (SSSR count). The summed E-state index contributed by atoms with van der Waals surface area (Å²) in [6.07, 6.45) is 0.107. The molecule has 0 saturated carbocycles. The number of nitrogens with one attached hydrogen (secondary N) is 2. The SMILES string of the molecule is C[C@@H](CNC(=O)CCNc1ccc(S(N)(=O)=O)cc1[N+](=O)[O-])c1ccccc1. The second-order valence-electron chi connectivity index (χ2n) is 6.27. The van der Waals surface area contributed by atoms with Crippen LogP contribution in [-0.4, -0.2) is 32.3 Å². The molecule has 0 radical (unpaired) electrons. The van der Waals surface area contributed by atoms with Gasteiger partial charge in [-0.1, -0.05) is 37.3 Å². The van der Waals surface area contributed by atoms with Gasteiger partial charge in [0.2, 0.25) is 15.9 Å². The molecular weight excluding hydrogens is 384 g/mol. The Hall–Kier alpha value is -2.98. The van der Waals surface area contributed by atoms with E-state index in [4.69, 9.17) is 5.14 Å². The molecule has 1 atom stereocenters. The lowest BCUT2D eigenvalue weighted by Gasteiger charge is -2.13. The van der Waals surface area contributed by atoms with E-state index in [1.54, 1.807) is 0 Å². The lowest BCUT2D eigenvalue weighted by atomic mass is 10.0.